The van der Waals surface area contributed by atoms with Crippen molar-refractivity contribution in [2.45, 2.75) is 277 Å². The number of hydrogen-bond donors (Lipinski definition) is 8. The zero-order chi connectivity index (χ0) is 103. The standard InChI is InChI=1S/C16H23N3O.C15H22N2O.C14H19FN2O.C14H21N3O.C14H20N2O.C13H20N4O.C13H19N3O.C12H18N4O/c1-18-9-8-12-6-7-14(10-15(12)18)19(2)16(20)11-17-13-4-3-5-13;1-12-7-9-14(10-8-12)17(2)15(18)11-16-13-5-3-4-6-13;1-10-6-7-12(8-13(10)15)17(2)14(18)9-16-11-4-3-5-11;1-11-7-8-13(9-15-11)17(2)14(18)10-16-12-5-3-4-6-12;1-11-6-8-13(9-7-11)16(2)14(17)10-15-12-4-3-5-12;1-10-14-7-12(8-15-10)17(2)13(18)9-16-11-5-3-4-6-11;1-10-6-7-12(8-14-10)16(2)13(17)9-15-11-4-3-5-11;1-9-13-6-11(7-14-9)16(2)12(17)8-15-10-4-3-5-10/h6-7,10,13,17H,3-5,8-9,11H2,1-2H3;7-10,13,16H,3-6,11H2,1-2H3;6-8,11,16H,3-5,9H2,1-2H3;7-9,12,16H,3-6,10H2,1-2H3;6-9,12,15H,3-5,10H2,1-2H3;7-8,11,16H,3-6,9H2,1-2H3;6-8,11,15H,3-5,9H2,1-2H3;6-7,10,15H,3-5,8H2,1-2H3. The Balaban J connectivity index is 0.000000168. The molecule has 0 saturated heterocycles. The molecule has 0 spiro atoms. The van der Waals surface area contributed by atoms with E-state index in [2.05, 4.69) is 103 Å². The van der Waals surface area contributed by atoms with Gasteiger partial charge in [-0.15, -0.1) is 0 Å². The molecule has 0 bridgehead atoms. The van der Waals surface area contributed by atoms with Crippen LogP contribution >= 0.6 is 0 Å². The van der Waals surface area contributed by atoms with Crippen LogP contribution in [0.15, 0.2) is 146 Å². The second-order valence-electron chi connectivity index (χ2n) is 39.6. The van der Waals surface area contributed by atoms with Crippen molar-refractivity contribution >= 4 is 98.4 Å². The molecule has 1 aliphatic heterocycles. The smallest absolute Gasteiger partial charge is 0.240 e. The minimum absolute atomic E-state index is 0.0369. The van der Waals surface area contributed by atoms with E-state index in [0.717, 1.165) is 77.0 Å². The van der Waals surface area contributed by atoms with Crippen LogP contribution in [0.2, 0.25) is 0 Å². The molecule has 5 heterocycles. The first kappa shape index (κ1) is 113. The van der Waals surface area contributed by atoms with Crippen LogP contribution in [0.3, 0.4) is 0 Å². The number of benzene rings is 4. The number of anilines is 9. The van der Waals surface area contributed by atoms with Gasteiger partial charge in [0.1, 0.15) is 17.5 Å². The Labute approximate surface area is 849 Å². The maximum atomic E-state index is 13.4. The Morgan fingerprint density at radius 1 is 0.280 bits per heavy atom. The van der Waals surface area contributed by atoms with Crippen molar-refractivity contribution in [3.05, 3.63) is 197 Å². The predicted molar refractivity (Wildman–Crippen MR) is 575 cm³/mol. The molecule has 8 amide bonds. The summed E-state index contributed by atoms with van der Waals surface area (Å²) in [7, 11) is 16.4. The highest BCUT2D eigenvalue weighted by Crippen LogP contribution is 2.32. The minimum atomic E-state index is -0.279. The quantitative estimate of drug-likeness (QED) is 0.0194. The lowest BCUT2D eigenvalue weighted by Crippen LogP contribution is -2.42. The maximum absolute atomic E-state index is 13.4. The van der Waals surface area contributed by atoms with Gasteiger partial charge in [-0.3, -0.25) is 48.3 Å². The zero-order valence-electron chi connectivity index (χ0n) is 88.0. The Morgan fingerprint density at radius 3 is 0.755 bits per heavy atom. The summed E-state index contributed by atoms with van der Waals surface area (Å²) in [4.78, 5) is 136. The first-order valence-electron chi connectivity index (χ1n) is 51.9. The number of nitrogens with one attached hydrogen (secondary N) is 8. The van der Waals surface area contributed by atoms with Gasteiger partial charge >= 0.3 is 0 Å². The van der Waals surface area contributed by atoms with E-state index in [4.69, 9.17) is 0 Å². The average Bonchev–Trinajstić information content (AvgIpc) is 1.67. The fourth-order valence-electron chi connectivity index (χ4n) is 16.9. The predicted octanol–water partition coefficient (Wildman–Crippen LogP) is 14.2. The molecule has 4 aromatic carbocycles. The van der Waals surface area contributed by atoms with Crippen molar-refractivity contribution in [1.82, 2.24) is 72.4 Å². The average molecular weight is 1970 g/mol. The molecule has 0 radical (unpaired) electrons. The van der Waals surface area contributed by atoms with Crippen LogP contribution in [0.5, 0.6) is 0 Å². The molecule has 9 aliphatic rings. The van der Waals surface area contributed by atoms with Crippen LogP contribution in [-0.4, -0.2) is 248 Å². The lowest BCUT2D eigenvalue weighted by Gasteiger charge is -2.27. The number of fused-ring (bicyclic) bond motifs is 1. The van der Waals surface area contributed by atoms with Crippen LogP contribution < -0.4 is 86.6 Å². The first-order chi connectivity index (χ1) is 68.7. The van der Waals surface area contributed by atoms with E-state index in [1.165, 1.54) is 194 Å². The molecule has 8 aromatic rings. The molecule has 8 N–H and O–H groups in total. The molecule has 776 valence electrons. The Bertz CT molecular complexity index is 4870. The zero-order valence-corrected chi connectivity index (χ0v) is 88.0. The number of likely N-dealkylation sites (N-methyl/N-ethyl adjacent to an activating group) is 9. The van der Waals surface area contributed by atoms with Gasteiger partial charge in [-0.25, -0.2) is 24.3 Å². The summed E-state index contributed by atoms with van der Waals surface area (Å²) in [5.74, 6) is 1.77. The van der Waals surface area contributed by atoms with Gasteiger partial charge in [-0.2, -0.15) is 0 Å². The molecule has 143 heavy (non-hydrogen) atoms. The highest BCUT2D eigenvalue weighted by atomic mass is 19.1. The lowest BCUT2D eigenvalue weighted by molar-refractivity contribution is -0.118. The lowest BCUT2D eigenvalue weighted by atomic mass is 9.93. The third kappa shape index (κ3) is 37.9. The molecule has 8 saturated carbocycles. The van der Waals surface area contributed by atoms with Crippen molar-refractivity contribution in [2.24, 2.45) is 0 Å². The normalized spacial score (nSPS) is 15.9. The summed E-state index contributed by atoms with van der Waals surface area (Å²) in [5, 5.41) is 26.3. The third-order valence-corrected chi connectivity index (χ3v) is 28.8. The van der Waals surface area contributed by atoms with Crippen LogP contribution in [0.25, 0.3) is 0 Å². The Hall–Kier alpha value is -11.5. The third-order valence-electron chi connectivity index (χ3n) is 28.8. The highest BCUT2D eigenvalue weighted by Gasteiger charge is 2.28. The number of amides is 8. The SMILES string of the molecule is CN1CCc2ccc(N(C)C(=O)CNC3CCC3)cc21.Cc1ccc(N(C)C(=O)CNC2CCC2)cc1.Cc1ccc(N(C)C(=O)CNC2CCC2)cc1F.Cc1ccc(N(C)C(=O)CNC2CCC2)cn1.Cc1ccc(N(C)C(=O)CNC2CCCC2)cc1.Cc1ccc(N(C)C(=O)CNC2CCCC2)cn1.Cc1ncc(N(C)C(=O)CNC2CCC2)cn1.Cc1ncc(N(C)C(=O)CNC2CCCC2)cn1. The van der Waals surface area contributed by atoms with Crippen molar-refractivity contribution in [3.63, 3.8) is 0 Å². The van der Waals surface area contributed by atoms with E-state index in [1.807, 2.05) is 135 Å². The van der Waals surface area contributed by atoms with Gasteiger partial charge in [-0.1, -0.05) is 118 Å². The van der Waals surface area contributed by atoms with Crippen molar-refractivity contribution in [3.8, 4) is 0 Å². The van der Waals surface area contributed by atoms with E-state index >= 15 is 0 Å². The van der Waals surface area contributed by atoms with Crippen LogP contribution in [0.1, 0.15) is 219 Å². The van der Waals surface area contributed by atoms with Gasteiger partial charge in [0.05, 0.1) is 112 Å². The molecule has 0 unspecified atom stereocenters. The fraction of sp³-hybridized carbons (Fsp3) is 0.550. The molecule has 4 aromatic heterocycles. The van der Waals surface area contributed by atoms with E-state index in [-0.39, 0.29) is 53.1 Å². The van der Waals surface area contributed by atoms with Crippen LogP contribution in [0.4, 0.5) is 55.6 Å². The number of rotatable bonds is 32. The molecular weight excluding hydrogens is 1800 g/mol. The van der Waals surface area contributed by atoms with E-state index < -0.39 is 0 Å². The molecule has 8 fully saturated rings. The van der Waals surface area contributed by atoms with Gasteiger partial charge in [0.2, 0.25) is 47.3 Å². The largest absolute Gasteiger partial charge is 0.374 e. The summed E-state index contributed by atoms with van der Waals surface area (Å²) in [6.07, 6.45) is 44.4. The minimum Gasteiger partial charge on any atom is -0.374 e. The Morgan fingerprint density at radius 2 is 0.503 bits per heavy atom. The summed E-state index contributed by atoms with van der Waals surface area (Å²) >= 11 is 0. The molecular formula is C111H162FN23O8. The monoisotopic (exact) mass is 1960 g/mol. The van der Waals surface area contributed by atoms with Gasteiger partial charge < -0.3 is 86.6 Å². The topological polar surface area (TPSA) is 339 Å². The Kier molecular flexibility index (Phi) is 46.9. The number of halogens is 1. The second kappa shape index (κ2) is 59.1. The van der Waals surface area contributed by atoms with Crippen molar-refractivity contribution in [1.29, 1.82) is 0 Å². The number of nitrogens with zero attached hydrogens (tertiary/aromatic N) is 15. The number of pyridine rings is 2. The fourth-order valence-corrected chi connectivity index (χ4v) is 16.9. The van der Waals surface area contributed by atoms with E-state index in [1.54, 1.807) is 126 Å². The molecule has 31 nitrogen and oxygen atoms in total. The number of carbonyl (C=O) groups excluding carboxylic acids is 8. The number of carbonyl (C=O) groups is 8. The van der Waals surface area contributed by atoms with Gasteiger partial charge in [-0.05, 0) is 242 Å². The summed E-state index contributed by atoms with van der Waals surface area (Å²) in [6.45, 7) is 17.6. The number of aromatic nitrogens is 6. The van der Waals surface area contributed by atoms with Crippen molar-refractivity contribution in [2.75, 3.05) is 166 Å². The number of aryl methyl sites for hydroxylation is 7. The van der Waals surface area contributed by atoms with E-state index in [9.17, 15) is 42.7 Å². The molecule has 8 aliphatic carbocycles. The summed E-state index contributed by atoms with van der Waals surface area (Å²) < 4.78 is 13.4. The molecule has 32 heteroatoms. The molecule has 0 atom stereocenters. The van der Waals surface area contributed by atoms with E-state index in [0.29, 0.717) is 124 Å². The van der Waals surface area contributed by atoms with Crippen LogP contribution in [-0.2, 0) is 44.8 Å². The number of hydrogen-bond acceptors (Lipinski definition) is 23. The van der Waals surface area contributed by atoms with Crippen LogP contribution in [0, 0.1) is 54.3 Å². The highest BCUT2D eigenvalue weighted by molar-refractivity contribution is 5.99. The summed E-state index contributed by atoms with van der Waals surface area (Å²) in [5.41, 5.74) is 14.2. The van der Waals surface area contributed by atoms with Gasteiger partial charge in [0.25, 0.3) is 0 Å². The first-order valence-corrected chi connectivity index (χ1v) is 51.9. The van der Waals surface area contributed by atoms with Crippen molar-refractivity contribution < 1.29 is 42.7 Å². The second-order valence-corrected chi connectivity index (χ2v) is 39.6. The summed E-state index contributed by atoms with van der Waals surface area (Å²) in [6, 6.07) is 39.2. The molecule has 17 rings (SSSR count). The maximum Gasteiger partial charge on any atom is 0.240 e. The van der Waals surface area contributed by atoms with Gasteiger partial charge in [0.15, 0.2) is 0 Å². The van der Waals surface area contributed by atoms with Gasteiger partial charge in [0, 0.05) is 158 Å².